The minimum absolute atomic E-state index is 0.0509. The van der Waals surface area contributed by atoms with Crippen LogP contribution in [0.4, 0.5) is 0 Å². The Labute approximate surface area is 69.9 Å². The van der Waals surface area contributed by atoms with Gasteiger partial charge in [-0.15, -0.1) is 9.24 Å². The zero-order valence-electron chi connectivity index (χ0n) is 7.09. The van der Waals surface area contributed by atoms with E-state index in [1.165, 1.54) is 6.92 Å². The van der Waals surface area contributed by atoms with Crippen LogP contribution in [0.25, 0.3) is 0 Å². The Morgan fingerprint density at radius 2 is 1.91 bits per heavy atom. The van der Waals surface area contributed by atoms with E-state index < -0.39 is 0 Å². The molecule has 0 saturated heterocycles. The number of carbonyl (C=O) groups is 2. The Bertz CT molecular complexity index is 154. The molecule has 0 rings (SSSR count). The van der Waals surface area contributed by atoms with Crippen molar-refractivity contribution in [3.8, 4) is 0 Å². The van der Waals surface area contributed by atoms with E-state index in [2.05, 4.69) is 9.24 Å². The minimum Gasteiger partial charge on any atom is -0.300 e. The first kappa shape index (κ1) is 10.8. The summed E-state index contributed by atoms with van der Waals surface area (Å²) in [6, 6.07) is 0. The molecule has 0 fully saturated rings. The van der Waals surface area contributed by atoms with Crippen LogP contribution in [0, 0.1) is 5.92 Å². The summed E-state index contributed by atoms with van der Waals surface area (Å²) in [5, 5.41) is 0. The maximum absolute atomic E-state index is 10.9. The van der Waals surface area contributed by atoms with Crippen molar-refractivity contribution in [1.29, 1.82) is 0 Å². The Morgan fingerprint density at radius 1 is 1.36 bits per heavy atom. The van der Waals surface area contributed by atoms with Crippen molar-refractivity contribution in [2.75, 3.05) is 6.16 Å². The van der Waals surface area contributed by atoms with Crippen molar-refractivity contribution in [3.63, 3.8) is 0 Å². The lowest BCUT2D eigenvalue weighted by Gasteiger charge is -2.08. The molecular formula is C8H15O2P. The standard InChI is InChI=1S/C8H15O2P/c1-6(9)5-8(3-4-11)7(2)10/h8H,3-5,11H2,1-2H3. The first-order chi connectivity index (χ1) is 5.07. The van der Waals surface area contributed by atoms with E-state index in [1.807, 2.05) is 0 Å². The van der Waals surface area contributed by atoms with Crippen LogP contribution in [0.5, 0.6) is 0 Å². The molecule has 0 aliphatic rings. The summed E-state index contributed by atoms with van der Waals surface area (Å²) in [5.74, 6) is 0.177. The van der Waals surface area contributed by atoms with Crippen LogP contribution in [-0.2, 0) is 9.59 Å². The molecule has 0 amide bonds. The molecule has 2 nitrogen and oxygen atoms in total. The molecule has 0 bridgehead atoms. The second-order valence-electron chi connectivity index (χ2n) is 2.79. The molecule has 0 radical (unpaired) electrons. The van der Waals surface area contributed by atoms with Gasteiger partial charge in [-0.25, -0.2) is 0 Å². The first-order valence-corrected chi connectivity index (χ1v) is 4.59. The third-order valence-corrected chi connectivity index (χ3v) is 1.96. The van der Waals surface area contributed by atoms with E-state index in [0.29, 0.717) is 6.42 Å². The molecular weight excluding hydrogens is 159 g/mol. The highest BCUT2D eigenvalue weighted by Gasteiger charge is 2.14. The molecule has 0 aromatic rings. The van der Waals surface area contributed by atoms with Crippen molar-refractivity contribution in [2.45, 2.75) is 26.7 Å². The molecule has 0 spiro atoms. The normalized spacial score (nSPS) is 12.6. The highest BCUT2D eigenvalue weighted by atomic mass is 31.0. The molecule has 0 aliphatic heterocycles. The van der Waals surface area contributed by atoms with Crippen LogP contribution in [0.1, 0.15) is 26.7 Å². The Hall–Kier alpha value is -0.230. The van der Waals surface area contributed by atoms with Gasteiger partial charge in [-0.2, -0.15) is 0 Å². The molecule has 2 unspecified atom stereocenters. The van der Waals surface area contributed by atoms with Gasteiger partial charge in [-0.1, -0.05) is 0 Å². The lowest BCUT2D eigenvalue weighted by Crippen LogP contribution is -2.14. The number of ketones is 2. The lowest BCUT2D eigenvalue weighted by atomic mass is 9.96. The van der Waals surface area contributed by atoms with Gasteiger partial charge in [0, 0.05) is 12.3 Å². The van der Waals surface area contributed by atoms with Crippen LogP contribution in [0.2, 0.25) is 0 Å². The molecule has 11 heavy (non-hydrogen) atoms. The molecule has 0 aliphatic carbocycles. The van der Waals surface area contributed by atoms with Crippen molar-refractivity contribution in [2.24, 2.45) is 5.92 Å². The van der Waals surface area contributed by atoms with Crippen LogP contribution >= 0.6 is 9.24 Å². The molecule has 0 N–H and O–H groups in total. The predicted molar refractivity (Wildman–Crippen MR) is 48.7 cm³/mol. The Kier molecular flexibility index (Phi) is 5.31. The molecule has 0 heterocycles. The topological polar surface area (TPSA) is 34.1 Å². The average Bonchev–Trinajstić information content (AvgIpc) is 1.86. The van der Waals surface area contributed by atoms with Crippen LogP contribution < -0.4 is 0 Å². The maximum atomic E-state index is 10.9. The van der Waals surface area contributed by atoms with Crippen LogP contribution in [0.15, 0.2) is 0 Å². The summed E-state index contributed by atoms with van der Waals surface area (Å²) in [5.41, 5.74) is 0. The minimum atomic E-state index is -0.0509. The Morgan fingerprint density at radius 3 is 2.18 bits per heavy atom. The highest BCUT2D eigenvalue weighted by Crippen LogP contribution is 2.11. The van der Waals surface area contributed by atoms with Gasteiger partial charge >= 0.3 is 0 Å². The van der Waals surface area contributed by atoms with E-state index in [0.717, 1.165) is 12.6 Å². The van der Waals surface area contributed by atoms with E-state index in [1.54, 1.807) is 6.92 Å². The third-order valence-electron chi connectivity index (χ3n) is 1.62. The summed E-state index contributed by atoms with van der Waals surface area (Å²) in [6.45, 7) is 3.08. The summed E-state index contributed by atoms with van der Waals surface area (Å²) in [7, 11) is 2.57. The second-order valence-corrected chi connectivity index (χ2v) is 3.37. The van der Waals surface area contributed by atoms with Gasteiger partial charge in [0.05, 0.1) is 0 Å². The predicted octanol–water partition coefficient (Wildman–Crippen LogP) is 1.44. The van der Waals surface area contributed by atoms with E-state index in [-0.39, 0.29) is 17.5 Å². The number of Topliss-reactive ketones (excluding diaryl/α,β-unsaturated/α-hetero) is 2. The van der Waals surface area contributed by atoms with Gasteiger partial charge in [-0.3, -0.25) is 4.79 Å². The second kappa shape index (κ2) is 5.42. The van der Waals surface area contributed by atoms with Crippen LogP contribution in [-0.4, -0.2) is 17.7 Å². The van der Waals surface area contributed by atoms with Gasteiger partial charge in [0.25, 0.3) is 0 Å². The average molecular weight is 174 g/mol. The zero-order valence-corrected chi connectivity index (χ0v) is 8.25. The SMILES string of the molecule is CC(=O)CC(CCP)C(C)=O. The molecule has 2 atom stereocenters. The summed E-state index contributed by atoms with van der Waals surface area (Å²) in [6.07, 6.45) is 2.10. The molecule has 64 valence electrons. The number of hydrogen-bond acceptors (Lipinski definition) is 2. The Balaban J connectivity index is 3.89. The van der Waals surface area contributed by atoms with Gasteiger partial charge in [0.2, 0.25) is 0 Å². The smallest absolute Gasteiger partial charge is 0.133 e. The summed E-state index contributed by atoms with van der Waals surface area (Å²) in [4.78, 5) is 21.6. The van der Waals surface area contributed by atoms with Crippen molar-refractivity contribution in [1.82, 2.24) is 0 Å². The van der Waals surface area contributed by atoms with Gasteiger partial charge in [0.1, 0.15) is 11.6 Å². The number of carbonyl (C=O) groups excluding carboxylic acids is 2. The van der Waals surface area contributed by atoms with E-state index in [4.69, 9.17) is 0 Å². The fourth-order valence-electron chi connectivity index (χ4n) is 0.997. The fraction of sp³-hybridized carbons (Fsp3) is 0.750. The molecule has 0 aromatic heterocycles. The number of hydrogen-bond donors (Lipinski definition) is 0. The first-order valence-electron chi connectivity index (χ1n) is 3.78. The summed E-state index contributed by atoms with van der Waals surface area (Å²) >= 11 is 0. The fourth-order valence-corrected chi connectivity index (χ4v) is 1.40. The van der Waals surface area contributed by atoms with Gasteiger partial charge < -0.3 is 4.79 Å². The summed E-state index contributed by atoms with van der Waals surface area (Å²) < 4.78 is 0. The maximum Gasteiger partial charge on any atom is 0.133 e. The quantitative estimate of drug-likeness (QED) is 0.591. The number of rotatable bonds is 5. The monoisotopic (exact) mass is 174 g/mol. The van der Waals surface area contributed by atoms with Crippen LogP contribution in [0.3, 0.4) is 0 Å². The van der Waals surface area contributed by atoms with Crippen molar-refractivity contribution < 1.29 is 9.59 Å². The molecule has 0 saturated carbocycles. The van der Waals surface area contributed by atoms with Crippen molar-refractivity contribution in [3.05, 3.63) is 0 Å². The third kappa shape index (κ3) is 5.09. The largest absolute Gasteiger partial charge is 0.300 e. The van der Waals surface area contributed by atoms with Gasteiger partial charge in [0.15, 0.2) is 0 Å². The lowest BCUT2D eigenvalue weighted by molar-refractivity contribution is -0.125. The highest BCUT2D eigenvalue weighted by molar-refractivity contribution is 7.16. The van der Waals surface area contributed by atoms with E-state index >= 15 is 0 Å². The zero-order chi connectivity index (χ0) is 8.85. The molecule has 0 aromatic carbocycles. The van der Waals surface area contributed by atoms with Crippen molar-refractivity contribution >= 4 is 20.8 Å². The van der Waals surface area contributed by atoms with Gasteiger partial charge in [-0.05, 0) is 26.4 Å². The molecule has 3 heteroatoms. The van der Waals surface area contributed by atoms with E-state index in [9.17, 15) is 9.59 Å².